The summed E-state index contributed by atoms with van der Waals surface area (Å²) < 4.78 is 42.3. The van der Waals surface area contributed by atoms with Crippen molar-refractivity contribution in [3.8, 4) is 0 Å². The molecule has 1 amide bonds. The Morgan fingerprint density at radius 1 is 1.23 bits per heavy atom. The van der Waals surface area contributed by atoms with Crippen LogP contribution < -0.4 is 5.32 Å². The highest BCUT2D eigenvalue weighted by Crippen LogP contribution is 2.32. The Hall–Kier alpha value is -2.87. The number of alkyl halides is 3. The third kappa shape index (κ3) is 5.89. The largest absolute Gasteiger partial charge is 0.452 e. The highest BCUT2D eigenvalue weighted by atomic mass is 35.5. The molecule has 1 aromatic heterocycles. The summed E-state index contributed by atoms with van der Waals surface area (Å²) in [6.07, 6.45) is -1.41. The summed E-state index contributed by atoms with van der Waals surface area (Å²) in [5.41, 5.74) is -0.271. The molecule has 0 fully saturated rings. The molecule has 1 N–H and O–H groups in total. The molecule has 26 heavy (non-hydrogen) atoms. The first kappa shape index (κ1) is 19.5. The lowest BCUT2D eigenvalue weighted by molar-refractivity contribution is -0.142. The second-order valence-electron chi connectivity index (χ2n) is 4.95. The molecular weight excluding hydrogens is 373 g/mol. The van der Waals surface area contributed by atoms with Crippen molar-refractivity contribution in [3.63, 3.8) is 0 Å². The van der Waals surface area contributed by atoms with Crippen LogP contribution in [0.2, 0.25) is 5.02 Å². The lowest BCUT2D eigenvalue weighted by Gasteiger charge is -2.10. The molecule has 0 spiro atoms. The fourth-order valence-corrected chi connectivity index (χ4v) is 1.98. The Kier molecular flexibility index (Phi) is 6.35. The van der Waals surface area contributed by atoms with Crippen LogP contribution in [0.5, 0.6) is 0 Å². The van der Waals surface area contributed by atoms with E-state index in [1.54, 1.807) is 24.3 Å². The quantitative estimate of drug-likeness (QED) is 0.626. The number of ether oxygens (including phenoxy) is 1. The normalized spacial score (nSPS) is 11.4. The number of benzene rings is 1. The maximum atomic E-state index is 12.5. The second kappa shape index (κ2) is 8.48. The number of halogens is 4. The van der Waals surface area contributed by atoms with Crippen molar-refractivity contribution in [2.24, 2.45) is 0 Å². The molecule has 0 aliphatic heterocycles. The van der Waals surface area contributed by atoms with Gasteiger partial charge < -0.3 is 10.1 Å². The molecule has 0 atom stereocenters. The summed E-state index contributed by atoms with van der Waals surface area (Å²) in [5.74, 6) is -1.81. The third-order valence-corrected chi connectivity index (χ3v) is 3.27. The van der Waals surface area contributed by atoms with Crippen molar-refractivity contribution in [1.29, 1.82) is 0 Å². The Morgan fingerprint density at radius 2 is 1.92 bits per heavy atom. The Balaban J connectivity index is 1.87. The molecule has 5 nitrogen and oxygen atoms in total. The maximum Gasteiger partial charge on any atom is 0.417 e. The average Bonchev–Trinajstić information content (AvgIpc) is 2.60. The summed E-state index contributed by atoms with van der Waals surface area (Å²) in [7, 11) is 0. The molecule has 136 valence electrons. The summed E-state index contributed by atoms with van der Waals surface area (Å²) in [6, 6.07) is 9.58. The predicted octanol–water partition coefficient (Wildman–Crippen LogP) is 3.95. The van der Waals surface area contributed by atoms with Gasteiger partial charge in [0, 0.05) is 12.3 Å². The van der Waals surface area contributed by atoms with Gasteiger partial charge in [-0.05, 0) is 17.7 Å². The monoisotopic (exact) mass is 384 g/mol. The first-order valence-electron chi connectivity index (χ1n) is 7.18. The number of nitrogens with one attached hydrogen (secondary N) is 1. The summed E-state index contributed by atoms with van der Waals surface area (Å²) in [6.45, 7) is -0.642. The van der Waals surface area contributed by atoms with Crippen molar-refractivity contribution < 1.29 is 27.5 Å². The Bertz CT molecular complexity index is 824. The minimum absolute atomic E-state index is 0.263. The molecule has 0 unspecified atom stereocenters. The molecule has 0 aliphatic rings. The smallest absolute Gasteiger partial charge is 0.417 e. The van der Waals surface area contributed by atoms with Gasteiger partial charge in [-0.15, -0.1) is 0 Å². The topological polar surface area (TPSA) is 68.3 Å². The van der Waals surface area contributed by atoms with Crippen molar-refractivity contribution in [1.82, 2.24) is 4.98 Å². The number of amides is 1. The zero-order valence-electron chi connectivity index (χ0n) is 13.1. The number of aromatic nitrogens is 1. The predicted molar refractivity (Wildman–Crippen MR) is 89.3 cm³/mol. The Labute approximate surface area is 151 Å². The molecule has 0 saturated heterocycles. The fraction of sp³-hybridized carbons (Fsp3) is 0.118. The number of carbonyl (C=O) groups excluding carboxylic acids is 2. The molecule has 0 radical (unpaired) electrons. The third-order valence-electron chi connectivity index (χ3n) is 2.98. The van der Waals surface area contributed by atoms with Crippen LogP contribution in [0.1, 0.15) is 11.1 Å². The highest BCUT2D eigenvalue weighted by Gasteiger charge is 2.31. The van der Waals surface area contributed by atoms with E-state index in [0.29, 0.717) is 12.3 Å². The zero-order valence-corrected chi connectivity index (χ0v) is 13.8. The highest BCUT2D eigenvalue weighted by molar-refractivity contribution is 6.33. The minimum Gasteiger partial charge on any atom is -0.452 e. The SMILES string of the molecule is O=C(COC(=O)/C=C/c1ccccc1)Nc1ncc(C(F)(F)F)cc1Cl. The summed E-state index contributed by atoms with van der Waals surface area (Å²) >= 11 is 5.66. The fourth-order valence-electron chi connectivity index (χ4n) is 1.77. The van der Waals surface area contributed by atoms with Crippen LogP contribution in [0, 0.1) is 0 Å². The van der Waals surface area contributed by atoms with Crippen molar-refractivity contribution >= 4 is 35.4 Å². The van der Waals surface area contributed by atoms with Gasteiger partial charge in [0.05, 0.1) is 10.6 Å². The van der Waals surface area contributed by atoms with Crippen LogP contribution in [-0.4, -0.2) is 23.5 Å². The number of esters is 1. The second-order valence-corrected chi connectivity index (χ2v) is 5.36. The van der Waals surface area contributed by atoms with Gasteiger partial charge in [0.1, 0.15) is 0 Å². The van der Waals surface area contributed by atoms with Crippen LogP contribution in [-0.2, 0) is 20.5 Å². The first-order valence-corrected chi connectivity index (χ1v) is 7.56. The molecule has 2 rings (SSSR count). The lowest BCUT2D eigenvalue weighted by atomic mass is 10.2. The van der Waals surface area contributed by atoms with E-state index in [0.717, 1.165) is 11.6 Å². The van der Waals surface area contributed by atoms with Crippen LogP contribution >= 0.6 is 11.6 Å². The van der Waals surface area contributed by atoms with Gasteiger partial charge in [-0.2, -0.15) is 13.2 Å². The van der Waals surface area contributed by atoms with E-state index in [2.05, 4.69) is 10.3 Å². The van der Waals surface area contributed by atoms with Crippen LogP contribution in [0.4, 0.5) is 19.0 Å². The Morgan fingerprint density at radius 3 is 2.54 bits per heavy atom. The van der Waals surface area contributed by atoms with Gasteiger partial charge in [-0.3, -0.25) is 4.79 Å². The lowest BCUT2D eigenvalue weighted by Crippen LogP contribution is -2.21. The standard InChI is InChI=1S/C17H12ClF3N2O3/c18-13-8-12(17(19,20)21)9-22-16(13)23-14(24)10-26-15(25)7-6-11-4-2-1-3-5-11/h1-9H,10H2,(H,22,23,24)/b7-6+. The number of rotatable bonds is 5. The van der Waals surface area contributed by atoms with E-state index in [4.69, 9.17) is 16.3 Å². The van der Waals surface area contributed by atoms with Crippen molar-refractivity contribution in [2.75, 3.05) is 11.9 Å². The van der Waals surface area contributed by atoms with E-state index in [1.807, 2.05) is 6.07 Å². The number of pyridine rings is 1. The zero-order chi connectivity index (χ0) is 19.2. The summed E-state index contributed by atoms with van der Waals surface area (Å²) in [4.78, 5) is 26.7. The van der Waals surface area contributed by atoms with Gasteiger partial charge in [-0.1, -0.05) is 41.9 Å². The van der Waals surface area contributed by atoms with E-state index in [1.165, 1.54) is 6.08 Å². The van der Waals surface area contributed by atoms with E-state index in [9.17, 15) is 22.8 Å². The average molecular weight is 385 g/mol. The molecular formula is C17H12ClF3N2O3. The number of hydrogen-bond donors (Lipinski definition) is 1. The van der Waals surface area contributed by atoms with Crippen LogP contribution in [0.25, 0.3) is 6.08 Å². The van der Waals surface area contributed by atoms with Crippen molar-refractivity contribution in [2.45, 2.75) is 6.18 Å². The molecule has 2 aromatic rings. The van der Waals surface area contributed by atoms with Crippen LogP contribution in [0.3, 0.4) is 0 Å². The molecule has 0 aliphatic carbocycles. The number of anilines is 1. The van der Waals surface area contributed by atoms with E-state index in [-0.39, 0.29) is 10.8 Å². The number of carbonyl (C=O) groups is 2. The maximum absolute atomic E-state index is 12.5. The van der Waals surface area contributed by atoms with Crippen LogP contribution in [0.15, 0.2) is 48.7 Å². The summed E-state index contributed by atoms with van der Waals surface area (Å²) in [5, 5.41) is 1.78. The van der Waals surface area contributed by atoms with Gasteiger partial charge in [0.15, 0.2) is 12.4 Å². The first-order chi connectivity index (χ1) is 12.3. The van der Waals surface area contributed by atoms with E-state index >= 15 is 0 Å². The number of nitrogens with zero attached hydrogens (tertiary/aromatic N) is 1. The molecule has 0 bridgehead atoms. The molecule has 1 aromatic carbocycles. The van der Waals surface area contributed by atoms with Gasteiger partial charge in [0.25, 0.3) is 5.91 Å². The molecule has 9 heteroatoms. The molecule has 0 saturated carbocycles. The van der Waals surface area contributed by atoms with Gasteiger partial charge in [-0.25, -0.2) is 9.78 Å². The van der Waals surface area contributed by atoms with Crippen molar-refractivity contribution in [3.05, 3.63) is 64.8 Å². The van der Waals surface area contributed by atoms with E-state index < -0.39 is 30.2 Å². The molecule has 1 heterocycles. The van der Waals surface area contributed by atoms with Gasteiger partial charge in [0.2, 0.25) is 0 Å². The minimum atomic E-state index is -4.60. The van der Waals surface area contributed by atoms with Gasteiger partial charge >= 0.3 is 12.1 Å². The number of hydrogen-bond acceptors (Lipinski definition) is 4.